The zero-order valence-corrected chi connectivity index (χ0v) is 13.9. The number of carbonyl (C=O) groups excluding carboxylic acids is 1. The number of carbonyl (C=O) groups is 1. The van der Waals surface area contributed by atoms with Gasteiger partial charge < -0.3 is 15.1 Å². The molecule has 1 aromatic carbocycles. The minimum atomic E-state index is -0.305. The lowest BCUT2D eigenvalue weighted by molar-refractivity contribution is 0.0996. The maximum absolute atomic E-state index is 11.9. The molecule has 0 spiro atoms. The van der Waals surface area contributed by atoms with Crippen LogP contribution in [0, 0.1) is 6.92 Å². The van der Waals surface area contributed by atoms with Crippen molar-refractivity contribution in [2.45, 2.75) is 6.92 Å². The Hall–Kier alpha value is -2.60. The van der Waals surface area contributed by atoms with Gasteiger partial charge in [0.25, 0.3) is 5.91 Å². The van der Waals surface area contributed by atoms with Gasteiger partial charge in [0.2, 0.25) is 0 Å². The van der Waals surface area contributed by atoms with Gasteiger partial charge in [0, 0.05) is 10.2 Å². The molecular weight excluding hydrogens is 358 g/mol. The molecule has 2 aromatic heterocycles. The number of nitrogens with one attached hydrogen (secondary N) is 2. The molecule has 0 unspecified atom stereocenters. The molecular formula is C17H14BrN3O2. The van der Waals surface area contributed by atoms with Crippen LogP contribution in [-0.4, -0.2) is 10.9 Å². The second-order valence-corrected chi connectivity index (χ2v) is 5.81. The summed E-state index contributed by atoms with van der Waals surface area (Å²) in [5.41, 5.74) is 2.69. The molecule has 0 atom stereocenters. The van der Waals surface area contributed by atoms with Crippen LogP contribution >= 0.6 is 15.9 Å². The monoisotopic (exact) mass is 371 g/mol. The van der Waals surface area contributed by atoms with E-state index in [1.165, 1.54) is 6.26 Å². The lowest BCUT2D eigenvalue weighted by atomic mass is 10.2. The molecule has 0 aliphatic carbocycles. The molecule has 0 aliphatic rings. The molecule has 3 aromatic rings. The first-order valence-corrected chi connectivity index (χ1v) is 7.75. The molecule has 0 aliphatic heterocycles. The second-order valence-electron chi connectivity index (χ2n) is 4.95. The van der Waals surface area contributed by atoms with Crippen LogP contribution in [0.3, 0.4) is 0 Å². The number of hydrogen-bond donors (Lipinski definition) is 2. The van der Waals surface area contributed by atoms with Crippen LogP contribution < -0.4 is 10.6 Å². The van der Waals surface area contributed by atoms with Crippen LogP contribution in [0.5, 0.6) is 0 Å². The third-order valence-corrected chi connectivity index (χ3v) is 4.09. The van der Waals surface area contributed by atoms with E-state index in [-0.39, 0.29) is 11.7 Å². The summed E-state index contributed by atoms with van der Waals surface area (Å²) in [7, 11) is 0. The van der Waals surface area contributed by atoms with Crippen molar-refractivity contribution in [2.24, 2.45) is 0 Å². The fourth-order valence-electron chi connectivity index (χ4n) is 2.01. The van der Waals surface area contributed by atoms with Crippen LogP contribution in [0.1, 0.15) is 16.1 Å². The Kier molecular flexibility index (Phi) is 4.43. The van der Waals surface area contributed by atoms with Gasteiger partial charge in [0.05, 0.1) is 18.1 Å². The first kappa shape index (κ1) is 15.3. The van der Waals surface area contributed by atoms with Crippen molar-refractivity contribution in [3.05, 3.63) is 70.7 Å². The van der Waals surface area contributed by atoms with E-state index in [2.05, 4.69) is 31.5 Å². The average molecular weight is 372 g/mol. The number of halogens is 1. The van der Waals surface area contributed by atoms with E-state index >= 15 is 0 Å². The first-order valence-electron chi connectivity index (χ1n) is 6.96. The molecule has 1 amide bonds. The fourth-order valence-corrected chi connectivity index (χ4v) is 2.26. The SMILES string of the molecule is Cc1cc(Nc2ccc(NC(=O)c3ccco3)cn2)ccc1Br. The van der Waals surface area contributed by atoms with E-state index in [1.807, 2.05) is 25.1 Å². The molecule has 3 rings (SSSR count). The highest BCUT2D eigenvalue weighted by Crippen LogP contribution is 2.22. The quantitative estimate of drug-likeness (QED) is 0.694. The Morgan fingerprint density at radius 1 is 1.17 bits per heavy atom. The van der Waals surface area contributed by atoms with Gasteiger partial charge in [-0.15, -0.1) is 0 Å². The van der Waals surface area contributed by atoms with Gasteiger partial charge in [-0.2, -0.15) is 0 Å². The summed E-state index contributed by atoms with van der Waals surface area (Å²) >= 11 is 3.47. The molecule has 2 heterocycles. The van der Waals surface area contributed by atoms with Gasteiger partial charge in [-0.25, -0.2) is 4.98 Å². The van der Waals surface area contributed by atoms with Gasteiger partial charge in [-0.3, -0.25) is 4.79 Å². The third kappa shape index (κ3) is 3.78. The molecule has 0 saturated heterocycles. The summed E-state index contributed by atoms with van der Waals surface area (Å²) in [4.78, 5) is 16.2. The first-order chi connectivity index (χ1) is 11.1. The average Bonchev–Trinajstić information content (AvgIpc) is 3.07. The number of pyridine rings is 1. The highest BCUT2D eigenvalue weighted by atomic mass is 79.9. The van der Waals surface area contributed by atoms with Gasteiger partial charge in [-0.1, -0.05) is 15.9 Å². The smallest absolute Gasteiger partial charge is 0.291 e. The van der Waals surface area contributed by atoms with E-state index in [0.29, 0.717) is 11.5 Å². The number of aryl methyl sites for hydroxylation is 1. The predicted octanol–water partition coefficient (Wildman–Crippen LogP) is 4.74. The van der Waals surface area contributed by atoms with Crippen molar-refractivity contribution in [1.82, 2.24) is 4.98 Å². The van der Waals surface area contributed by atoms with Crippen molar-refractivity contribution in [3.63, 3.8) is 0 Å². The van der Waals surface area contributed by atoms with Gasteiger partial charge in [0.15, 0.2) is 5.76 Å². The molecule has 0 saturated carbocycles. The number of anilines is 3. The summed E-state index contributed by atoms with van der Waals surface area (Å²) < 4.78 is 6.10. The van der Waals surface area contributed by atoms with E-state index < -0.39 is 0 Å². The van der Waals surface area contributed by atoms with Crippen LogP contribution in [-0.2, 0) is 0 Å². The minimum absolute atomic E-state index is 0.262. The molecule has 116 valence electrons. The summed E-state index contributed by atoms with van der Waals surface area (Å²) in [5, 5.41) is 5.94. The number of amides is 1. The second kappa shape index (κ2) is 6.66. The Balaban J connectivity index is 1.67. The number of nitrogens with zero attached hydrogens (tertiary/aromatic N) is 1. The molecule has 5 nitrogen and oxygen atoms in total. The van der Waals surface area contributed by atoms with Crippen LogP contribution in [0.25, 0.3) is 0 Å². The normalized spacial score (nSPS) is 10.3. The molecule has 0 fully saturated rings. The Morgan fingerprint density at radius 3 is 2.65 bits per heavy atom. The zero-order valence-electron chi connectivity index (χ0n) is 12.3. The van der Waals surface area contributed by atoms with Crippen LogP contribution in [0.15, 0.2) is 63.8 Å². The molecule has 0 radical (unpaired) electrons. The van der Waals surface area contributed by atoms with Crippen molar-refractivity contribution >= 4 is 39.0 Å². The van der Waals surface area contributed by atoms with Crippen LogP contribution in [0.4, 0.5) is 17.2 Å². The highest BCUT2D eigenvalue weighted by molar-refractivity contribution is 9.10. The van der Waals surface area contributed by atoms with E-state index in [0.717, 1.165) is 15.7 Å². The van der Waals surface area contributed by atoms with Crippen molar-refractivity contribution < 1.29 is 9.21 Å². The maximum Gasteiger partial charge on any atom is 0.291 e. The molecule has 2 N–H and O–H groups in total. The van der Waals surface area contributed by atoms with Crippen LogP contribution in [0.2, 0.25) is 0 Å². The summed E-state index contributed by atoms with van der Waals surface area (Å²) in [6.07, 6.45) is 3.05. The summed E-state index contributed by atoms with van der Waals surface area (Å²) in [6, 6.07) is 12.8. The summed E-state index contributed by atoms with van der Waals surface area (Å²) in [6.45, 7) is 2.02. The van der Waals surface area contributed by atoms with Crippen molar-refractivity contribution in [3.8, 4) is 0 Å². The van der Waals surface area contributed by atoms with Gasteiger partial charge in [-0.05, 0) is 55.0 Å². The minimum Gasteiger partial charge on any atom is -0.459 e. The standard InChI is InChI=1S/C17H14BrN3O2/c1-11-9-12(4-6-14(11)18)20-16-7-5-13(10-19-16)21-17(22)15-3-2-8-23-15/h2-10H,1H3,(H,19,20)(H,21,22). The Labute approximate surface area is 141 Å². The molecule has 6 heteroatoms. The Bertz CT molecular complexity index is 814. The number of hydrogen-bond acceptors (Lipinski definition) is 4. The van der Waals surface area contributed by atoms with E-state index in [9.17, 15) is 4.79 Å². The Morgan fingerprint density at radius 2 is 2.00 bits per heavy atom. The van der Waals surface area contributed by atoms with E-state index in [4.69, 9.17) is 4.42 Å². The lowest BCUT2D eigenvalue weighted by Gasteiger charge is -2.08. The maximum atomic E-state index is 11.9. The fraction of sp³-hybridized carbons (Fsp3) is 0.0588. The topological polar surface area (TPSA) is 67.2 Å². The third-order valence-electron chi connectivity index (χ3n) is 3.20. The van der Waals surface area contributed by atoms with Crippen molar-refractivity contribution in [2.75, 3.05) is 10.6 Å². The van der Waals surface area contributed by atoms with Gasteiger partial charge >= 0.3 is 0 Å². The lowest BCUT2D eigenvalue weighted by Crippen LogP contribution is -2.11. The van der Waals surface area contributed by atoms with Gasteiger partial charge in [0.1, 0.15) is 5.82 Å². The number of benzene rings is 1. The number of furan rings is 1. The van der Waals surface area contributed by atoms with Crippen molar-refractivity contribution in [1.29, 1.82) is 0 Å². The molecule has 0 bridgehead atoms. The number of aromatic nitrogens is 1. The predicted molar refractivity (Wildman–Crippen MR) is 93.1 cm³/mol. The largest absolute Gasteiger partial charge is 0.459 e. The number of rotatable bonds is 4. The zero-order chi connectivity index (χ0) is 16.2. The highest BCUT2D eigenvalue weighted by Gasteiger charge is 2.08. The molecule has 23 heavy (non-hydrogen) atoms. The van der Waals surface area contributed by atoms with E-state index in [1.54, 1.807) is 30.5 Å². The summed E-state index contributed by atoms with van der Waals surface area (Å²) in [5.74, 6) is 0.654.